The van der Waals surface area contributed by atoms with Crippen LogP contribution in [0.1, 0.15) is 11.5 Å². The molecule has 6 nitrogen and oxygen atoms in total. The summed E-state index contributed by atoms with van der Waals surface area (Å²) in [5.41, 5.74) is 9.38. The number of benzene rings is 1. The summed E-state index contributed by atoms with van der Waals surface area (Å²) in [4.78, 5) is 12.4. The molecule has 1 aliphatic rings. The van der Waals surface area contributed by atoms with Gasteiger partial charge in [-0.2, -0.15) is 0 Å². The van der Waals surface area contributed by atoms with Crippen molar-refractivity contribution in [2.24, 2.45) is 5.73 Å². The molecule has 0 amide bonds. The number of thiazole rings is 1. The fourth-order valence-electron chi connectivity index (χ4n) is 2.40. The van der Waals surface area contributed by atoms with Crippen LogP contribution in [0.4, 0.5) is 0 Å². The number of hydrogen-bond donors (Lipinski definition) is 2. The third kappa shape index (κ3) is 2.15. The lowest BCUT2D eigenvalue weighted by molar-refractivity contribution is 0.174. The topological polar surface area (TPSA) is 86.1 Å². The molecular formula is C15H14N4O2S. The van der Waals surface area contributed by atoms with Crippen LogP contribution in [0.15, 0.2) is 23.6 Å². The molecule has 0 saturated carbocycles. The summed E-state index contributed by atoms with van der Waals surface area (Å²) in [6.07, 6.45) is 0. The van der Waals surface area contributed by atoms with E-state index in [4.69, 9.17) is 15.2 Å². The van der Waals surface area contributed by atoms with Gasteiger partial charge in [-0.3, -0.25) is 0 Å². The van der Waals surface area contributed by atoms with E-state index < -0.39 is 0 Å². The van der Waals surface area contributed by atoms with Crippen molar-refractivity contribution in [1.29, 1.82) is 0 Å². The molecule has 0 fully saturated rings. The number of aromatic nitrogens is 3. The van der Waals surface area contributed by atoms with Gasteiger partial charge in [0.15, 0.2) is 11.5 Å². The Balaban J connectivity index is 1.85. The Labute approximate surface area is 130 Å². The highest BCUT2D eigenvalue weighted by Crippen LogP contribution is 2.38. The normalized spacial score (nSPS) is 12.8. The maximum absolute atomic E-state index is 5.73. The van der Waals surface area contributed by atoms with Crippen molar-refractivity contribution >= 4 is 11.3 Å². The summed E-state index contributed by atoms with van der Waals surface area (Å²) in [5, 5.41) is 2.92. The molecule has 0 bridgehead atoms. The molecule has 0 radical (unpaired) electrons. The van der Waals surface area contributed by atoms with E-state index in [-0.39, 0.29) is 6.79 Å². The van der Waals surface area contributed by atoms with Crippen LogP contribution in [0.5, 0.6) is 11.5 Å². The molecule has 3 N–H and O–H groups in total. The third-order valence-corrected chi connectivity index (χ3v) is 4.40. The zero-order valence-corrected chi connectivity index (χ0v) is 12.7. The van der Waals surface area contributed by atoms with Crippen molar-refractivity contribution in [3.8, 4) is 33.5 Å². The quantitative estimate of drug-likeness (QED) is 0.776. The third-order valence-electron chi connectivity index (χ3n) is 3.43. The lowest BCUT2D eigenvalue weighted by atomic mass is 10.1. The van der Waals surface area contributed by atoms with Crippen molar-refractivity contribution in [1.82, 2.24) is 15.0 Å². The molecule has 1 aliphatic heterocycles. The summed E-state index contributed by atoms with van der Waals surface area (Å²) in [5.74, 6) is 2.22. The molecule has 0 atom stereocenters. The first-order chi connectivity index (χ1) is 10.7. The molecule has 1 aromatic carbocycles. The van der Waals surface area contributed by atoms with Gasteiger partial charge in [0.25, 0.3) is 0 Å². The number of hydrogen-bond acceptors (Lipinski definition) is 6. The summed E-state index contributed by atoms with van der Waals surface area (Å²) in [6, 6.07) is 5.79. The first-order valence-corrected chi connectivity index (χ1v) is 7.74. The lowest BCUT2D eigenvalue weighted by Gasteiger charge is -2.02. The number of nitrogens with two attached hydrogens (primary N) is 1. The van der Waals surface area contributed by atoms with Crippen LogP contribution in [-0.2, 0) is 6.54 Å². The van der Waals surface area contributed by atoms with E-state index in [0.29, 0.717) is 6.54 Å². The van der Waals surface area contributed by atoms with Crippen molar-refractivity contribution < 1.29 is 9.47 Å². The van der Waals surface area contributed by atoms with Crippen molar-refractivity contribution in [2.75, 3.05) is 6.79 Å². The maximum Gasteiger partial charge on any atom is 0.231 e. The van der Waals surface area contributed by atoms with Crippen LogP contribution in [0.2, 0.25) is 0 Å². The molecule has 4 rings (SSSR count). The summed E-state index contributed by atoms with van der Waals surface area (Å²) >= 11 is 1.58. The average molecular weight is 314 g/mol. The van der Waals surface area contributed by atoms with Gasteiger partial charge >= 0.3 is 0 Å². The Hall–Kier alpha value is -2.38. The highest BCUT2D eigenvalue weighted by atomic mass is 32.1. The number of H-pyrrole nitrogens is 1. The van der Waals surface area contributed by atoms with Gasteiger partial charge in [0, 0.05) is 16.6 Å². The second-order valence-electron chi connectivity index (χ2n) is 4.97. The van der Waals surface area contributed by atoms with E-state index >= 15 is 0 Å². The molecule has 112 valence electrons. The highest BCUT2D eigenvalue weighted by Gasteiger charge is 2.19. The van der Waals surface area contributed by atoms with Gasteiger partial charge in [-0.25, -0.2) is 9.97 Å². The van der Waals surface area contributed by atoms with Crippen LogP contribution in [0.25, 0.3) is 22.0 Å². The Morgan fingerprint density at radius 2 is 2.14 bits per heavy atom. The van der Waals surface area contributed by atoms with Gasteiger partial charge in [0.1, 0.15) is 16.5 Å². The van der Waals surface area contributed by atoms with Crippen molar-refractivity contribution in [3.63, 3.8) is 0 Å². The van der Waals surface area contributed by atoms with Gasteiger partial charge in [-0.1, -0.05) is 0 Å². The van der Waals surface area contributed by atoms with E-state index in [1.165, 1.54) is 0 Å². The Morgan fingerprint density at radius 3 is 2.91 bits per heavy atom. The fourth-order valence-corrected chi connectivity index (χ4v) is 3.19. The number of aryl methyl sites for hydroxylation is 1. The SMILES string of the molecule is Cc1csc(-c2[nH]c(CN)nc2-c2ccc3c(c2)OCO3)n1. The van der Waals surface area contributed by atoms with Gasteiger partial charge < -0.3 is 20.2 Å². The molecule has 3 heterocycles. The van der Waals surface area contributed by atoms with Crippen molar-refractivity contribution in [2.45, 2.75) is 13.5 Å². The largest absolute Gasteiger partial charge is 0.454 e. The molecule has 7 heteroatoms. The predicted molar refractivity (Wildman–Crippen MR) is 83.9 cm³/mol. The molecule has 0 spiro atoms. The van der Waals surface area contributed by atoms with Crippen LogP contribution < -0.4 is 15.2 Å². The average Bonchev–Trinajstić information content (AvgIpc) is 3.24. The molecular weight excluding hydrogens is 300 g/mol. The summed E-state index contributed by atoms with van der Waals surface area (Å²) in [6.45, 7) is 2.58. The number of aromatic amines is 1. The zero-order chi connectivity index (χ0) is 15.1. The second-order valence-corrected chi connectivity index (χ2v) is 5.83. The summed E-state index contributed by atoms with van der Waals surface area (Å²) < 4.78 is 10.8. The molecule has 2 aromatic heterocycles. The molecule has 0 saturated heterocycles. The zero-order valence-electron chi connectivity index (χ0n) is 11.9. The monoisotopic (exact) mass is 314 g/mol. The Bertz CT molecular complexity index is 840. The van der Waals surface area contributed by atoms with Crippen molar-refractivity contribution in [3.05, 3.63) is 35.1 Å². The second kappa shape index (κ2) is 5.11. The van der Waals surface area contributed by atoms with E-state index in [9.17, 15) is 0 Å². The van der Waals surface area contributed by atoms with Crippen LogP contribution >= 0.6 is 11.3 Å². The molecule has 22 heavy (non-hydrogen) atoms. The maximum atomic E-state index is 5.73. The van der Waals surface area contributed by atoms with E-state index in [1.54, 1.807) is 11.3 Å². The minimum Gasteiger partial charge on any atom is -0.454 e. The summed E-state index contributed by atoms with van der Waals surface area (Å²) in [7, 11) is 0. The smallest absolute Gasteiger partial charge is 0.231 e. The van der Waals surface area contributed by atoms with Gasteiger partial charge in [-0.15, -0.1) is 11.3 Å². The molecule has 3 aromatic rings. The van der Waals surface area contributed by atoms with Crippen LogP contribution in [-0.4, -0.2) is 21.7 Å². The predicted octanol–water partition coefficient (Wildman–Crippen LogP) is 2.70. The number of ether oxygens (including phenoxy) is 2. The van der Waals surface area contributed by atoms with Crippen LogP contribution in [0, 0.1) is 6.92 Å². The first-order valence-electron chi connectivity index (χ1n) is 6.86. The van der Waals surface area contributed by atoms with Gasteiger partial charge in [-0.05, 0) is 25.1 Å². The number of imidazole rings is 1. The number of nitrogens with zero attached hydrogens (tertiary/aromatic N) is 2. The van der Waals surface area contributed by atoms with E-state index in [2.05, 4.69) is 15.0 Å². The van der Waals surface area contributed by atoms with E-state index in [0.717, 1.165) is 45.0 Å². The van der Waals surface area contributed by atoms with Gasteiger partial charge in [0.05, 0.1) is 12.2 Å². The lowest BCUT2D eigenvalue weighted by Crippen LogP contribution is -1.97. The van der Waals surface area contributed by atoms with Gasteiger partial charge in [0.2, 0.25) is 6.79 Å². The number of fused-ring (bicyclic) bond motifs is 1. The standard InChI is InChI=1S/C15H14N4O2S/c1-8-6-22-15(17-8)14-13(18-12(5-16)19-14)9-2-3-10-11(4-9)21-7-20-10/h2-4,6H,5,7,16H2,1H3,(H,18,19). The molecule has 0 unspecified atom stereocenters. The molecule has 0 aliphatic carbocycles. The van der Waals surface area contributed by atoms with E-state index in [1.807, 2.05) is 30.5 Å². The minimum atomic E-state index is 0.256. The fraction of sp³-hybridized carbons (Fsp3) is 0.200. The minimum absolute atomic E-state index is 0.256. The Kier molecular flexibility index (Phi) is 3.09. The first kappa shape index (κ1) is 13.3. The number of nitrogens with one attached hydrogen (secondary N) is 1. The van der Waals surface area contributed by atoms with Crippen LogP contribution in [0.3, 0.4) is 0 Å². The highest BCUT2D eigenvalue weighted by molar-refractivity contribution is 7.13. The number of rotatable bonds is 3. The Morgan fingerprint density at radius 1 is 1.27 bits per heavy atom.